The van der Waals surface area contributed by atoms with Gasteiger partial charge in [-0.2, -0.15) is 0 Å². The number of rotatable bonds is 8. The van der Waals surface area contributed by atoms with E-state index in [1.165, 1.54) is 12.8 Å². The fourth-order valence-electron chi connectivity index (χ4n) is 2.59. The minimum Gasteiger partial charge on any atom is -0.494 e. The van der Waals surface area contributed by atoms with Crippen LogP contribution in [-0.2, 0) is 0 Å². The van der Waals surface area contributed by atoms with Gasteiger partial charge in [-0.25, -0.2) is 4.79 Å². The quantitative estimate of drug-likeness (QED) is 0.559. The van der Waals surface area contributed by atoms with Crippen LogP contribution >= 0.6 is 0 Å². The number of carboxylic acid groups (broad SMARTS) is 1. The van der Waals surface area contributed by atoms with Gasteiger partial charge in [0.1, 0.15) is 11.4 Å². The van der Waals surface area contributed by atoms with Gasteiger partial charge in [0, 0.05) is 17.2 Å². The third-order valence-corrected chi connectivity index (χ3v) is 4.09. The first-order valence-electron chi connectivity index (χ1n) is 8.71. The van der Waals surface area contributed by atoms with Crippen molar-refractivity contribution in [3.05, 3.63) is 60.2 Å². The summed E-state index contributed by atoms with van der Waals surface area (Å²) in [6.45, 7) is 2.90. The molecule has 0 saturated carbocycles. The first kappa shape index (κ1) is 17.7. The van der Waals surface area contributed by atoms with Crippen LogP contribution in [0, 0.1) is 0 Å². The summed E-state index contributed by atoms with van der Waals surface area (Å²) in [4.78, 5) is 10.9. The van der Waals surface area contributed by atoms with Crippen molar-refractivity contribution < 1.29 is 19.2 Å². The fourth-order valence-corrected chi connectivity index (χ4v) is 2.59. The highest BCUT2D eigenvalue weighted by atomic mass is 16.5. The molecule has 0 spiro atoms. The summed E-state index contributed by atoms with van der Waals surface area (Å²) in [5.74, 6) is 0.545. The summed E-state index contributed by atoms with van der Waals surface area (Å²) in [6.07, 6.45) is 3.41. The van der Waals surface area contributed by atoms with Gasteiger partial charge in [0.2, 0.25) is 0 Å². The van der Waals surface area contributed by atoms with Crippen LogP contribution in [0.3, 0.4) is 0 Å². The molecule has 0 bridgehead atoms. The van der Waals surface area contributed by atoms with E-state index in [0.29, 0.717) is 11.5 Å². The second kappa shape index (κ2) is 8.34. The molecule has 3 aromatic rings. The lowest BCUT2D eigenvalue weighted by Gasteiger charge is -2.05. The van der Waals surface area contributed by atoms with Crippen LogP contribution in [0.1, 0.15) is 36.5 Å². The number of aromatic nitrogens is 1. The molecule has 1 heterocycles. The van der Waals surface area contributed by atoms with E-state index in [9.17, 15) is 4.79 Å². The number of ether oxygens (including phenoxy) is 1. The van der Waals surface area contributed by atoms with Gasteiger partial charge in [-0.15, -0.1) is 0 Å². The number of hydrogen-bond donors (Lipinski definition) is 1. The van der Waals surface area contributed by atoms with Crippen molar-refractivity contribution in [2.24, 2.45) is 0 Å². The number of aromatic carboxylic acids is 1. The number of unbranched alkanes of at least 4 members (excludes halogenated alkanes) is 2. The lowest BCUT2D eigenvalue weighted by molar-refractivity contribution is 0.0697. The standard InChI is InChI=1S/C21H21NO4/c1-2-3-4-13-25-18-11-9-16(10-12-18)20-14-19(22-26-20)15-5-7-17(8-6-15)21(23)24/h5-12,14H,2-4,13H2,1H3,(H,23,24). The summed E-state index contributed by atoms with van der Waals surface area (Å²) >= 11 is 0. The Morgan fingerprint density at radius 3 is 2.38 bits per heavy atom. The average molecular weight is 351 g/mol. The van der Waals surface area contributed by atoms with Gasteiger partial charge in [-0.1, -0.05) is 37.1 Å². The van der Waals surface area contributed by atoms with Crippen LogP contribution in [0.4, 0.5) is 0 Å². The summed E-state index contributed by atoms with van der Waals surface area (Å²) in [5, 5.41) is 13.0. The topological polar surface area (TPSA) is 72.6 Å². The lowest BCUT2D eigenvalue weighted by Crippen LogP contribution is -1.96. The molecule has 0 atom stereocenters. The number of carboxylic acids is 1. The van der Waals surface area contributed by atoms with Crippen LogP contribution < -0.4 is 4.74 Å². The Hall–Kier alpha value is -3.08. The van der Waals surface area contributed by atoms with E-state index in [4.69, 9.17) is 14.4 Å². The molecular weight excluding hydrogens is 330 g/mol. The Balaban J connectivity index is 1.68. The van der Waals surface area contributed by atoms with Crippen molar-refractivity contribution in [1.29, 1.82) is 0 Å². The summed E-state index contributed by atoms with van der Waals surface area (Å²) in [6, 6.07) is 16.1. The molecule has 0 saturated heterocycles. The number of carbonyl (C=O) groups is 1. The van der Waals surface area contributed by atoms with E-state index in [0.717, 1.165) is 29.9 Å². The molecule has 134 valence electrons. The van der Waals surface area contributed by atoms with Gasteiger partial charge in [-0.05, 0) is 42.8 Å². The lowest BCUT2D eigenvalue weighted by atomic mass is 10.1. The maximum atomic E-state index is 10.9. The molecule has 5 nitrogen and oxygen atoms in total. The molecule has 0 amide bonds. The number of hydrogen-bond acceptors (Lipinski definition) is 4. The molecule has 0 aliphatic rings. The van der Waals surface area contributed by atoms with Gasteiger partial charge < -0.3 is 14.4 Å². The maximum Gasteiger partial charge on any atom is 0.335 e. The van der Waals surface area contributed by atoms with E-state index >= 15 is 0 Å². The molecule has 0 fully saturated rings. The average Bonchev–Trinajstić information content (AvgIpc) is 3.16. The Morgan fingerprint density at radius 2 is 1.73 bits per heavy atom. The van der Waals surface area contributed by atoms with Crippen LogP contribution in [-0.4, -0.2) is 22.8 Å². The zero-order valence-corrected chi connectivity index (χ0v) is 14.6. The smallest absolute Gasteiger partial charge is 0.335 e. The molecule has 2 aromatic carbocycles. The molecule has 5 heteroatoms. The SMILES string of the molecule is CCCCCOc1ccc(-c2cc(-c3ccc(C(=O)O)cc3)no2)cc1. The Bertz CT molecular complexity index is 850. The van der Waals surface area contributed by atoms with Gasteiger partial charge in [-0.3, -0.25) is 0 Å². The minimum absolute atomic E-state index is 0.243. The highest BCUT2D eigenvalue weighted by Gasteiger charge is 2.10. The van der Waals surface area contributed by atoms with Crippen LogP contribution in [0.15, 0.2) is 59.1 Å². The number of nitrogens with zero attached hydrogens (tertiary/aromatic N) is 1. The predicted molar refractivity (Wildman–Crippen MR) is 99.4 cm³/mol. The zero-order valence-electron chi connectivity index (χ0n) is 14.6. The highest BCUT2D eigenvalue weighted by Crippen LogP contribution is 2.27. The largest absolute Gasteiger partial charge is 0.494 e. The molecule has 1 N–H and O–H groups in total. The second-order valence-corrected chi connectivity index (χ2v) is 6.04. The second-order valence-electron chi connectivity index (χ2n) is 6.04. The fraction of sp³-hybridized carbons (Fsp3) is 0.238. The monoisotopic (exact) mass is 351 g/mol. The highest BCUT2D eigenvalue weighted by molar-refractivity contribution is 5.88. The van der Waals surface area contributed by atoms with Gasteiger partial charge in [0.05, 0.1) is 12.2 Å². The van der Waals surface area contributed by atoms with Crippen molar-refractivity contribution >= 4 is 5.97 Å². The molecule has 0 unspecified atom stereocenters. The number of benzene rings is 2. The molecule has 0 aliphatic carbocycles. The third kappa shape index (κ3) is 4.30. The maximum absolute atomic E-state index is 10.9. The van der Waals surface area contributed by atoms with Gasteiger partial charge >= 0.3 is 5.97 Å². The normalized spacial score (nSPS) is 10.7. The van der Waals surface area contributed by atoms with E-state index in [1.54, 1.807) is 24.3 Å². The molecule has 26 heavy (non-hydrogen) atoms. The molecular formula is C21H21NO4. The first-order chi connectivity index (χ1) is 12.7. The molecule has 0 radical (unpaired) electrons. The molecule has 0 aliphatic heterocycles. The Kier molecular flexibility index (Phi) is 5.69. The minimum atomic E-state index is -0.950. The van der Waals surface area contributed by atoms with Gasteiger partial charge in [0.25, 0.3) is 0 Å². The van der Waals surface area contributed by atoms with E-state index < -0.39 is 5.97 Å². The van der Waals surface area contributed by atoms with E-state index in [-0.39, 0.29) is 5.56 Å². The van der Waals surface area contributed by atoms with Crippen molar-refractivity contribution in [2.75, 3.05) is 6.61 Å². The third-order valence-electron chi connectivity index (χ3n) is 4.09. The van der Waals surface area contributed by atoms with Crippen LogP contribution in [0.5, 0.6) is 5.75 Å². The van der Waals surface area contributed by atoms with Crippen LogP contribution in [0.2, 0.25) is 0 Å². The summed E-state index contributed by atoms with van der Waals surface area (Å²) in [5.41, 5.74) is 2.62. The van der Waals surface area contributed by atoms with Crippen molar-refractivity contribution in [1.82, 2.24) is 5.16 Å². The zero-order chi connectivity index (χ0) is 18.4. The first-order valence-corrected chi connectivity index (χ1v) is 8.71. The van der Waals surface area contributed by atoms with E-state index in [2.05, 4.69) is 12.1 Å². The Morgan fingerprint density at radius 1 is 1.04 bits per heavy atom. The van der Waals surface area contributed by atoms with Crippen LogP contribution in [0.25, 0.3) is 22.6 Å². The molecule has 1 aromatic heterocycles. The van der Waals surface area contributed by atoms with Gasteiger partial charge in [0.15, 0.2) is 5.76 Å². The van der Waals surface area contributed by atoms with Crippen molar-refractivity contribution in [2.45, 2.75) is 26.2 Å². The summed E-state index contributed by atoms with van der Waals surface area (Å²) < 4.78 is 11.1. The van der Waals surface area contributed by atoms with Crippen molar-refractivity contribution in [3.8, 4) is 28.3 Å². The predicted octanol–water partition coefficient (Wildman–Crippen LogP) is 5.28. The van der Waals surface area contributed by atoms with Crippen molar-refractivity contribution in [3.63, 3.8) is 0 Å². The molecule has 3 rings (SSSR count). The summed E-state index contributed by atoms with van der Waals surface area (Å²) in [7, 11) is 0. The van der Waals surface area contributed by atoms with E-state index in [1.807, 2.05) is 30.3 Å². The Labute approximate surface area is 152 Å².